The molecule has 0 aliphatic carbocycles. The lowest BCUT2D eigenvalue weighted by Gasteiger charge is -2.25. The van der Waals surface area contributed by atoms with Crippen molar-refractivity contribution in [1.29, 1.82) is 0 Å². The molecule has 1 N–H and O–H groups in total. The minimum Gasteiger partial charge on any atom is -0.465 e. The molecule has 0 saturated carbocycles. The van der Waals surface area contributed by atoms with Gasteiger partial charge < -0.3 is 14.7 Å². The average Bonchev–Trinajstić information content (AvgIpc) is 3.35. The van der Waals surface area contributed by atoms with Crippen LogP contribution >= 0.6 is 23.2 Å². The van der Waals surface area contributed by atoms with Crippen LogP contribution in [0.3, 0.4) is 0 Å². The monoisotopic (exact) mass is 570 g/mol. The number of ether oxygens (including phenoxy) is 1. The second-order valence-electron chi connectivity index (χ2n) is 8.52. The molecule has 200 valence electrons. The van der Waals surface area contributed by atoms with Gasteiger partial charge in [0.1, 0.15) is 17.3 Å². The number of sulfonamides is 1. The van der Waals surface area contributed by atoms with Crippen molar-refractivity contribution in [1.82, 2.24) is 14.1 Å². The molecule has 0 bridgehead atoms. The minimum absolute atomic E-state index is 0.00954. The molecule has 10 nitrogen and oxygen atoms in total. The van der Waals surface area contributed by atoms with Crippen LogP contribution in [0, 0.1) is 0 Å². The first-order valence-corrected chi connectivity index (χ1v) is 13.5. The normalized spacial score (nSPS) is 14.5. The van der Waals surface area contributed by atoms with Crippen molar-refractivity contribution in [2.24, 2.45) is 4.99 Å². The van der Waals surface area contributed by atoms with E-state index in [9.17, 15) is 23.1 Å². The lowest BCUT2D eigenvalue weighted by molar-refractivity contribution is -0.135. The number of hydrogen-bond donors (Lipinski definition) is 1. The van der Waals surface area contributed by atoms with E-state index in [0.717, 1.165) is 9.87 Å². The highest BCUT2D eigenvalue weighted by molar-refractivity contribution is 7.89. The smallest absolute Gasteiger partial charge is 0.413 e. The number of carbonyl (C=O) groups excluding carboxylic acids is 1. The molecule has 1 aliphatic rings. The molecule has 1 unspecified atom stereocenters. The second kappa shape index (κ2) is 12.2. The summed E-state index contributed by atoms with van der Waals surface area (Å²) in [7, 11) is -0.879. The van der Waals surface area contributed by atoms with E-state index in [1.54, 1.807) is 26.1 Å². The molecule has 13 heteroatoms. The van der Waals surface area contributed by atoms with E-state index in [1.165, 1.54) is 35.0 Å². The van der Waals surface area contributed by atoms with E-state index in [-0.39, 0.29) is 34.1 Å². The van der Waals surface area contributed by atoms with Gasteiger partial charge in [-0.2, -0.15) is 4.31 Å². The summed E-state index contributed by atoms with van der Waals surface area (Å²) < 4.78 is 32.5. The Hall–Kier alpha value is -2.70. The molecule has 1 heterocycles. The predicted molar refractivity (Wildman–Crippen MR) is 141 cm³/mol. The summed E-state index contributed by atoms with van der Waals surface area (Å²) >= 11 is 12.0. The Morgan fingerprint density at radius 2 is 1.84 bits per heavy atom. The van der Waals surface area contributed by atoms with E-state index in [0.29, 0.717) is 31.0 Å². The Morgan fingerprint density at radius 1 is 1.16 bits per heavy atom. The first kappa shape index (κ1) is 28.9. The van der Waals surface area contributed by atoms with Crippen molar-refractivity contribution in [2.45, 2.75) is 24.4 Å². The number of rotatable bonds is 10. The summed E-state index contributed by atoms with van der Waals surface area (Å²) in [6.07, 6.45) is -1.04. The Morgan fingerprint density at radius 3 is 2.49 bits per heavy atom. The van der Waals surface area contributed by atoms with Crippen LogP contribution in [-0.2, 0) is 26.1 Å². The van der Waals surface area contributed by atoms with E-state index < -0.39 is 22.2 Å². The van der Waals surface area contributed by atoms with E-state index in [1.807, 2.05) is 12.1 Å². The SMILES string of the molecule is CC(COCC(=O)N(C)Cc1ccc(C2=NCCN2C(=O)O)cc1)N(C)S(=O)(=O)c1cccc(Cl)c1Cl. The van der Waals surface area contributed by atoms with Crippen molar-refractivity contribution in [3.8, 4) is 0 Å². The van der Waals surface area contributed by atoms with Crippen molar-refractivity contribution >= 4 is 51.1 Å². The van der Waals surface area contributed by atoms with Gasteiger partial charge in [-0.1, -0.05) is 53.5 Å². The molecule has 2 amide bonds. The molecule has 0 aromatic heterocycles. The van der Waals surface area contributed by atoms with E-state index in [2.05, 4.69) is 4.99 Å². The largest absolute Gasteiger partial charge is 0.465 e. The van der Waals surface area contributed by atoms with Gasteiger partial charge in [0, 0.05) is 32.2 Å². The Bertz CT molecular complexity index is 1290. The number of halogens is 2. The van der Waals surface area contributed by atoms with Crippen LogP contribution in [0.15, 0.2) is 52.4 Å². The van der Waals surface area contributed by atoms with Crippen LogP contribution in [0.1, 0.15) is 18.1 Å². The Labute approximate surface area is 226 Å². The fourth-order valence-electron chi connectivity index (χ4n) is 3.61. The number of likely N-dealkylation sites (N-methyl/N-ethyl adjacent to an activating group) is 2. The third-order valence-electron chi connectivity index (χ3n) is 5.91. The lowest BCUT2D eigenvalue weighted by Crippen LogP contribution is -2.39. The number of aliphatic imine (C=N–C) groups is 1. The summed E-state index contributed by atoms with van der Waals surface area (Å²) in [5, 5.41) is 9.36. The fraction of sp³-hybridized carbons (Fsp3) is 0.375. The van der Waals surface area contributed by atoms with Gasteiger partial charge in [-0.05, 0) is 24.6 Å². The molecular formula is C24H28Cl2N4O6S. The molecule has 2 aromatic rings. The molecule has 0 spiro atoms. The highest BCUT2D eigenvalue weighted by Crippen LogP contribution is 2.31. The number of carbonyl (C=O) groups is 2. The third-order valence-corrected chi connectivity index (χ3v) is 8.85. The molecule has 3 rings (SSSR count). The van der Waals surface area contributed by atoms with Crippen LogP contribution in [-0.4, -0.2) is 91.9 Å². The zero-order valence-corrected chi connectivity index (χ0v) is 22.9. The van der Waals surface area contributed by atoms with Crippen molar-refractivity contribution in [2.75, 3.05) is 40.4 Å². The van der Waals surface area contributed by atoms with E-state index in [4.69, 9.17) is 27.9 Å². The first-order valence-electron chi connectivity index (χ1n) is 11.3. The highest BCUT2D eigenvalue weighted by Gasteiger charge is 2.29. The van der Waals surface area contributed by atoms with Crippen LogP contribution < -0.4 is 0 Å². The van der Waals surface area contributed by atoms with Crippen LogP contribution in [0.2, 0.25) is 10.0 Å². The van der Waals surface area contributed by atoms with Gasteiger partial charge in [-0.15, -0.1) is 0 Å². The summed E-state index contributed by atoms with van der Waals surface area (Å²) in [5.74, 6) is 0.132. The standard InChI is InChI=1S/C24H28Cl2N4O6S/c1-16(29(3)37(34,35)20-6-4-5-19(25)22(20)26)14-36-15-21(31)28(2)13-17-7-9-18(10-8-17)23-27-11-12-30(23)24(32)33/h4-10,16H,11-15H2,1-3H3,(H,32,33). The van der Waals surface area contributed by atoms with Crippen molar-refractivity contribution < 1.29 is 27.9 Å². The molecule has 0 radical (unpaired) electrons. The summed E-state index contributed by atoms with van der Waals surface area (Å²) in [6.45, 7) is 2.49. The maximum Gasteiger partial charge on any atom is 0.413 e. The van der Waals surface area contributed by atoms with E-state index >= 15 is 0 Å². The molecule has 1 atom stereocenters. The molecule has 2 aromatic carbocycles. The molecule has 0 fully saturated rings. The second-order valence-corrected chi connectivity index (χ2v) is 11.3. The quantitative estimate of drug-likeness (QED) is 0.467. The minimum atomic E-state index is -3.92. The summed E-state index contributed by atoms with van der Waals surface area (Å²) in [6, 6.07) is 11.0. The van der Waals surface area contributed by atoms with Gasteiger partial charge in [-0.25, -0.2) is 13.2 Å². The lowest BCUT2D eigenvalue weighted by atomic mass is 10.1. The topological polar surface area (TPSA) is 120 Å². The number of amidine groups is 1. The molecular weight excluding hydrogens is 543 g/mol. The van der Waals surface area contributed by atoms with Crippen LogP contribution in [0.5, 0.6) is 0 Å². The number of benzene rings is 2. The Balaban J connectivity index is 1.50. The van der Waals surface area contributed by atoms with Crippen molar-refractivity contribution in [3.05, 3.63) is 63.6 Å². The number of hydrogen-bond acceptors (Lipinski definition) is 6. The third kappa shape index (κ3) is 6.79. The van der Waals surface area contributed by atoms with Crippen LogP contribution in [0.4, 0.5) is 4.79 Å². The summed E-state index contributed by atoms with van der Waals surface area (Å²) in [5.41, 5.74) is 1.53. The van der Waals surface area contributed by atoms with Gasteiger partial charge in [0.2, 0.25) is 15.9 Å². The van der Waals surface area contributed by atoms with Gasteiger partial charge in [0.15, 0.2) is 0 Å². The number of carboxylic acid groups (broad SMARTS) is 1. The Kier molecular flexibility index (Phi) is 9.54. The predicted octanol–water partition coefficient (Wildman–Crippen LogP) is 3.42. The van der Waals surface area contributed by atoms with Gasteiger partial charge in [-0.3, -0.25) is 14.7 Å². The number of amides is 2. The van der Waals surface area contributed by atoms with Crippen LogP contribution in [0.25, 0.3) is 0 Å². The highest BCUT2D eigenvalue weighted by atomic mass is 35.5. The maximum atomic E-state index is 12.9. The molecule has 1 aliphatic heterocycles. The number of nitrogens with zero attached hydrogens (tertiary/aromatic N) is 4. The van der Waals surface area contributed by atoms with Crippen molar-refractivity contribution in [3.63, 3.8) is 0 Å². The molecule has 0 saturated heterocycles. The van der Waals surface area contributed by atoms with Gasteiger partial charge in [0.25, 0.3) is 0 Å². The zero-order valence-electron chi connectivity index (χ0n) is 20.6. The zero-order chi connectivity index (χ0) is 27.3. The molecule has 37 heavy (non-hydrogen) atoms. The van der Waals surface area contributed by atoms with Gasteiger partial charge >= 0.3 is 6.09 Å². The fourth-order valence-corrected chi connectivity index (χ4v) is 5.69. The van der Waals surface area contributed by atoms with Gasteiger partial charge in [0.05, 0.1) is 29.7 Å². The summed E-state index contributed by atoms with van der Waals surface area (Å²) in [4.78, 5) is 30.7. The first-order chi connectivity index (χ1) is 17.4. The average molecular weight is 571 g/mol. The maximum absolute atomic E-state index is 12.9.